The third-order valence-electron chi connectivity index (χ3n) is 4.88. The van der Waals surface area contributed by atoms with E-state index in [0.29, 0.717) is 12.5 Å². The van der Waals surface area contributed by atoms with Crippen molar-refractivity contribution in [1.29, 1.82) is 0 Å². The molecular formula is C20H28N2O2. The maximum absolute atomic E-state index is 12.1. The Balaban J connectivity index is 1.36. The van der Waals surface area contributed by atoms with Gasteiger partial charge in [-0.2, -0.15) is 0 Å². The molecule has 1 aliphatic rings. The van der Waals surface area contributed by atoms with E-state index in [-0.39, 0.29) is 5.91 Å². The highest BCUT2D eigenvalue weighted by Gasteiger charge is 2.14. The predicted molar refractivity (Wildman–Crippen MR) is 97.1 cm³/mol. The lowest BCUT2D eigenvalue weighted by molar-refractivity contribution is -0.121. The summed E-state index contributed by atoms with van der Waals surface area (Å²) in [5, 5.41) is 4.29. The van der Waals surface area contributed by atoms with Crippen molar-refractivity contribution in [3.8, 4) is 0 Å². The molecular weight excluding hydrogens is 300 g/mol. The van der Waals surface area contributed by atoms with Crippen molar-refractivity contribution in [2.75, 3.05) is 13.2 Å². The number of amides is 1. The van der Waals surface area contributed by atoms with Gasteiger partial charge < -0.3 is 14.6 Å². The number of aryl methyl sites for hydroxylation is 2. The molecule has 1 fully saturated rings. The van der Waals surface area contributed by atoms with Crippen LogP contribution in [0.15, 0.2) is 30.3 Å². The number of para-hydroxylation sites is 1. The minimum absolute atomic E-state index is 0.143. The number of fused-ring (bicyclic) bond motifs is 1. The normalized spacial score (nSPS) is 17.5. The van der Waals surface area contributed by atoms with Crippen LogP contribution in [0.25, 0.3) is 10.9 Å². The Kier molecular flexibility index (Phi) is 5.91. The first-order chi connectivity index (χ1) is 11.7. The van der Waals surface area contributed by atoms with Gasteiger partial charge in [-0.1, -0.05) is 18.2 Å². The fourth-order valence-corrected chi connectivity index (χ4v) is 3.54. The maximum atomic E-state index is 12.1. The Bertz CT molecular complexity index is 671. The number of benzene rings is 1. The molecule has 1 aromatic heterocycles. The molecule has 2 heterocycles. The van der Waals surface area contributed by atoms with Crippen molar-refractivity contribution in [3.05, 3.63) is 36.0 Å². The van der Waals surface area contributed by atoms with Crippen LogP contribution in [0.3, 0.4) is 0 Å². The molecule has 1 atom stereocenters. The van der Waals surface area contributed by atoms with Gasteiger partial charge in [0.2, 0.25) is 5.91 Å². The average Bonchev–Trinajstić information content (AvgIpc) is 3.19. The Morgan fingerprint density at radius 1 is 1.33 bits per heavy atom. The van der Waals surface area contributed by atoms with Gasteiger partial charge in [-0.05, 0) is 56.5 Å². The van der Waals surface area contributed by atoms with Gasteiger partial charge in [0, 0.05) is 37.3 Å². The van der Waals surface area contributed by atoms with Crippen molar-refractivity contribution in [2.45, 2.75) is 58.1 Å². The van der Waals surface area contributed by atoms with Crippen LogP contribution in [-0.4, -0.2) is 29.7 Å². The number of rotatable bonds is 8. The molecule has 1 amide bonds. The number of aromatic nitrogens is 1. The zero-order valence-electron chi connectivity index (χ0n) is 14.6. The number of ether oxygens (including phenoxy) is 1. The second-order valence-corrected chi connectivity index (χ2v) is 6.73. The van der Waals surface area contributed by atoms with Crippen LogP contribution in [0.4, 0.5) is 0 Å². The third kappa shape index (κ3) is 4.38. The van der Waals surface area contributed by atoms with Gasteiger partial charge in [0.15, 0.2) is 0 Å². The van der Waals surface area contributed by atoms with Gasteiger partial charge in [0.1, 0.15) is 0 Å². The molecule has 1 N–H and O–H groups in total. The highest BCUT2D eigenvalue weighted by Crippen LogP contribution is 2.19. The van der Waals surface area contributed by atoms with Crippen LogP contribution < -0.4 is 5.32 Å². The zero-order chi connectivity index (χ0) is 16.8. The van der Waals surface area contributed by atoms with Crippen molar-refractivity contribution in [3.63, 3.8) is 0 Å². The van der Waals surface area contributed by atoms with Crippen LogP contribution in [0, 0.1) is 6.92 Å². The highest BCUT2D eigenvalue weighted by atomic mass is 16.5. The van der Waals surface area contributed by atoms with E-state index >= 15 is 0 Å². The molecule has 130 valence electrons. The lowest BCUT2D eigenvalue weighted by Gasteiger charge is -2.10. The SMILES string of the molecule is Cc1cc2ccccc2n1CCC(=O)NCCCC[C@H]1CCCO1. The van der Waals surface area contributed by atoms with Gasteiger partial charge >= 0.3 is 0 Å². The summed E-state index contributed by atoms with van der Waals surface area (Å²) in [6, 6.07) is 10.5. The van der Waals surface area contributed by atoms with Crippen molar-refractivity contribution in [1.82, 2.24) is 9.88 Å². The molecule has 0 spiro atoms. The van der Waals surface area contributed by atoms with E-state index in [0.717, 1.165) is 39.0 Å². The zero-order valence-corrected chi connectivity index (χ0v) is 14.6. The van der Waals surface area contributed by atoms with Gasteiger partial charge in [0.25, 0.3) is 0 Å². The summed E-state index contributed by atoms with van der Waals surface area (Å²) >= 11 is 0. The lowest BCUT2D eigenvalue weighted by Crippen LogP contribution is -2.25. The van der Waals surface area contributed by atoms with Crippen LogP contribution in [0.5, 0.6) is 0 Å². The van der Waals surface area contributed by atoms with Crippen LogP contribution in [-0.2, 0) is 16.1 Å². The average molecular weight is 328 g/mol. The first-order valence-corrected chi connectivity index (χ1v) is 9.17. The quantitative estimate of drug-likeness (QED) is 0.749. The molecule has 1 saturated heterocycles. The number of nitrogens with zero attached hydrogens (tertiary/aromatic N) is 1. The Hall–Kier alpha value is -1.81. The third-order valence-corrected chi connectivity index (χ3v) is 4.88. The number of hydrogen-bond donors (Lipinski definition) is 1. The van der Waals surface area contributed by atoms with Gasteiger partial charge in [-0.15, -0.1) is 0 Å². The number of carbonyl (C=O) groups is 1. The summed E-state index contributed by atoms with van der Waals surface area (Å²) in [5.41, 5.74) is 2.42. The Morgan fingerprint density at radius 2 is 2.21 bits per heavy atom. The molecule has 3 rings (SSSR count). The largest absolute Gasteiger partial charge is 0.378 e. The summed E-state index contributed by atoms with van der Waals surface area (Å²) in [7, 11) is 0. The summed E-state index contributed by atoms with van der Waals surface area (Å²) in [5.74, 6) is 0.143. The maximum Gasteiger partial charge on any atom is 0.221 e. The second kappa shape index (κ2) is 8.34. The summed E-state index contributed by atoms with van der Waals surface area (Å²) < 4.78 is 7.85. The summed E-state index contributed by atoms with van der Waals surface area (Å²) in [6.45, 7) is 4.54. The fraction of sp³-hybridized carbons (Fsp3) is 0.550. The van der Waals surface area contributed by atoms with E-state index < -0.39 is 0 Å². The molecule has 0 aliphatic carbocycles. The molecule has 24 heavy (non-hydrogen) atoms. The molecule has 1 aromatic carbocycles. The summed E-state index contributed by atoms with van der Waals surface area (Å²) in [4.78, 5) is 12.1. The second-order valence-electron chi connectivity index (χ2n) is 6.73. The molecule has 4 nitrogen and oxygen atoms in total. The number of hydrogen-bond acceptors (Lipinski definition) is 2. The highest BCUT2D eigenvalue weighted by molar-refractivity contribution is 5.81. The van der Waals surface area contributed by atoms with E-state index in [9.17, 15) is 4.79 Å². The Labute approximate surface area is 144 Å². The molecule has 0 bridgehead atoms. The van der Waals surface area contributed by atoms with Crippen LogP contribution in [0.2, 0.25) is 0 Å². The first-order valence-electron chi connectivity index (χ1n) is 9.17. The van der Waals surface area contributed by atoms with Gasteiger partial charge in [-0.25, -0.2) is 0 Å². The van der Waals surface area contributed by atoms with Crippen molar-refractivity contribution < 1.29 is 9.53 Å². The minimum atomic E-state index is 0.143. The number of nitrogens with one attached hydrogen (secondary N) is 1. The molecule has 1 aliphatic heterocycles. The first kappa shape index (κ1) is 17.0. The number of carbonyl (C=O) groups excluding carboxylic acids is 1. The molecule has 4 heteroatoms. The van der Waals surface area contributed by atoms with Gasteiger partial charge in [0.05, 0.1) is 6.10 Å². The molecule has 2 aromatic rings. The number of unbranched alkanes of at least 4 members (excludes halogenated alkanes) is 1. The molecule has 0 saturated carbocycles. The monoisotopic (exact) mass is 328 g/mol. The van der Waals surface area contributed by atoms with E-state index in [1.165, 1.54) is 29.4 Å². The molecule has 0 radical (unpaired) electrons. The van der Waals surface area contributed by atoms with Crippen LogP contribution in [0.1, 0.15) is 44.2 Å². The van der Waals surface area contributed by atoms with Crippen LogP contribution >= 0.6 is 0 Å². The molecule has 0 unspecified atom stereocenters. The van der Waals surface area contributed by atoms with Crippen molar-refractivity contribution >= 4 is 16.8 Å². The summed E-state index contributed by atoms with van der Waals surface area (Å²) in [6.07, 6.45) is 6.70. The Morgan fingerprint density at radius 3 is 3.04 bits per heavy atom. The predicted octanol–water partition coefficient (Wildman–Crippen LogP) is 3.81. The van der Waals surface area contributed by atoms with E-state index in [1.807, 2.05) is 6.07 Å². The van der Waals surface area contributed by atoms with E-state index in [4.69, 9.17) is 4.74 Å². The van der Waals surface area contributed by atoms with Crippen molar-refractivity contribution in [2.24, 2.45) is 0 Å². The standard InChI is InChI=1S/C20H28N2O2/c1-16-15-17-7-2-3-10-19(17)22(16)13-11-20(23)21-12-5-4-8-18-9-6-14-24-18/h2-3,7,10,15,18H,4-6,8-9,11-14H2,1H3,(H,21,23)/t18-/m0/s1. The smallest absolute Gasteiger partial charge is 0.221 e. The van der Waals surface area contributed by atoms with Gasteiger partial charge in [-0.3, -0.25) is 4.79 Å². The van der Waals surface area contributed by atoms with E-state index in [1.54, 1.807) is 0 Å². The minimum Gasteiger partial charge on any atom is -0.378 e. The lowest BCUT2D eigenvalue weighted by atomic mass is 10.1. The fourth-order valence-electron chi connectivity index (χ4n) is 3.54. The topological polar surface area (TPSA) is 43.3 Å². The van der Waals surface area contributed by atoms with E-state index in [2.05, 4.69) is 41.1 Å².